The highest BCUT2D eigenvalue weighted by molar-refractivity contribution is 4.94. The largest absolute Gasteiger partial charge is 0.389 e. The molecule has 0 bridgehead atoms. The Bertz CT molecular complexity index is 215. The standard InChI is InChI=1S/C13H25NO/c1-11(2)6-4-7-12(3)14-10-13(15)8-5-9-13/h6,12,14-15H,4-5,7-10H2,1-3H3. The number of aliphatic hydroxyl groups is 1. The lowest BCUT2D eigenvalue weighted by Crippen LogP contribution is -2.48. The van der Waals surface area contributed by atoms with Gasteiger partial charge in [-0.1, -0.05) is 11.6 Å². The average molecular weight is 211 g/mol. The molecular weight excluding hydrogens is 186 g/mol. The lowest BCUT2D eigenvalue weighted by atomic mass is 9.80. The van der Waals surface area contributed by atoms with E-state index in [1.165, 1.54) is 12.0 Å². The van der Waals surface area contributed by atoms with Crippen LogP contribution in [0.3, 0.4) is 0 Å². The maximum Gasteiger partial charge on any atom is 0.0771 e. The Balaban J connectivity index is 2.08. The fourth-order valence-corrected chi connectivity index (χ4v) is 1.85. The first kappa shape index (κ1) is 12.7. The molecule has 0 aromatic heterocycles. The van der Waals surface area contributed by atoms with Gasteiger partial charge in [0, 0.05) is 12.6 Å². The predicted molar refractivity (Wildman–Crippen MR) is 64.9 cm³/mol. The predicted octanol–water partition coefficient (Wildman–Crippen LogP) is 2.63. The molecule has 1 aliphatic carbocycles. The normalized spacial score (nSPS) is 20.5. The average Bonchev–Trinajstić information content (AvgIpc) is 2.11. The lowest BCUT2D eigenvalue weighted by molar-refractivity contribution is -0.0329. The fraction of sp³-hybridized carbons (Fsp3) is 0.846. The van der Waals surface area contributed by atoms with Crippen molar-refractivity contribution in [2.75, 3.05) is 6.54 Å². The van der Waals surface area contributed by atoms with E-state index in [1.54, 1.807) is 0 Å². The first-order valence-electron chi connectivity index (χ1n) is 6.11. The number of allylic oxidation sites excluding steroid dienone is 2. The third-order valence-electron chi connectivity index (χ3n) is 3.22. The highest BCUT2D eigenvalue weighted by Crippen LogP contribution is 2.30. The van der Waals surface area contributed by atoms with Crippen molar-refractivity contribution in [2.24, 2.45) is 0 Å². The van der Waals surface area contributed by atoms with Gasteiger partial charge in [0.2, 0.25) is 0 Å². The van der Waals surface area contributed by atoms with E-state index >= 15 is 0 Å². The Hall–Kier alpha value is -0.340. The minimum Gasteiger partial charge on any atom is -0.389 e. The third kappa shape index (κ3) is 4.80. The van der Waals surface area contributed by atoms with E-state index in [0.29, 0.717) is 6.04 Å². The van der Waals surface area contributed by atoms with Crippen molar-refractivity contribution >= 4 is 0 Å². The molecule has 0 aromatic rings. The number of rotatable bonds is 6. The maximum absolute atomic E-state index is 9.90. The molecule has 0 saturated heterocycles. The second-order valence-electron chi connectivity index (χ2n) is 5.22. The Morgan fingerprint density at radius 2 is 2.13 bits per heavy atom. The minimum atomic E-state index is -0.384. The summed E-state index contributed by atoms with van der Waals surface area (Å²) in [5, 5.41) is 13.3. The molecule has 0 aromatic carbocycles. The molecular formula is C13H25NO. The summed E-state index contributed by atoms with van der Waals surface area (Å²) in [5.74, 6) is 0. The molecule has 0 aliphatic heterocycles. The van der Waals surface area contributed by atoms with E-state index in [2.05, 4.69) is 32.2 Å². The maximum atomic E-state index is 9.90. The molecule has 0 amide bonds. The topological polar surface area (TPSA) is 32.3 Å². The van der Waals surface area contributed by atoms with E-state index in [0.717, 1.165) is 32.2 Å². The van der Waals surface area contributed by atoms with Crippen molar-refractivity contribution in [3.8, 4) is 0 Å². The summed E-state index contributed by atoms with van der Waals surface area (Å²) in [4.78, 5) is 0. The van der Waals surface area contributed by atoms with Crippen LogP contribution in [0.4, 0.5) is 0 Å². The van der Waals surface area contributed by atoms with Gasteiger partial charge in [0.1, 0.15) is 0 Å². The van der Waals surface area contributed by atoms with Crippen LogP contribution < -0.4 is 5.32 Å². The Labute approximate surface area is 93.8 Å². The quantitative estimate of drug-likeness (QED) is 0.662. The molecule has 1 aliphatic rings. The zero-order valence-corrected chi connectivity index (χ0v) is 10.3. The van der Waals surface area contributed by atoms with E-state index in [4.69, 9.17) is 0 Å². The molecule has 1 unspecified atom stereocenters. The van der Waals surface area contributed by atoms with Gasteiger partial charge >= 0.3 is 0 Å². The lowest BCUT2D eigenvalue weighted by Gasteiger charge is -2.37. The molecule has 1 saturated carbocycles. The summed E-state index contributed by atoms with van der Waals surface area (Å²) in [6.07, 6.45) is 7.69. The van der Waals surface area contributed by atoms with Gasteiger partial charge in [-0.05, 0) is 52.9 Å². The van der Waals surface area contributed by atoms with Crippen LogP contribution in [-0.2, 0) is 0 Å². The Kier molecular flexibility index (Phi) is 4.81. The fourth-order valence-electron chi connectivity index (χ4n) is 1.85. The van der Waals surface area contributed by atoms with Crippen molar-refractivity contribution in [1.82, 2.24) is 5.32 Å². The van der Waals surface area contributed by atoms with Crippen LogP contribution in [0.5, 0.6) is 0 Å². The molecule has 1 rings (SSSR count). The van der Waals surface area contributed by atoms with E-state index in [1.807, 2.05) is 0 Å². The zero-order valence-electron chi connectivity index (χ0n) is 10.3. The van der Waals surface area contributed by atoms with Crippen LogP contribution in [0, 0.1) is 0 Å². The Morgan fingerprint density at radius 3 is 2.60 bits per heavy atom. The van der Waals surface area contributed by atoms with Gasteiger partial charge in [-0.25, -0.2) is 0 Å². The summed E-state index contributed by atoms with van der Waals surface area (Å²) in [6.45, 7) is 7.23. The summed E-state index contributed by atoms with van der Waals surface area (Å²) < 4.78 is 0. The summed E-state index contributed by atoms with van der Waals surface area (Å²) in [6, 6.07) is 0.505. The van der Waals surface area contributed by atoms with Crippen molar-refractivity contribution < 1.29 is 5.11 Å². The first-order valence-corrected chi connectivity index (χ1v) is 6.11. The van der Waals surface area contributed by atoms with Gasteiger partial charge in [0.05, 0.1) is 5.60 Å². The molecule has 0 radical (unpaired) electrons. The molecule has 2 N–H and O–H groups in total. The third-order valence-corrected chi connectivity index (χ3v) is 3.22. The second-order valence-corrected chi connectivity index (χ2v) is 5.22. The summed E-state index contributed by atoms with van der Waals surface area (Å²) in [5.41, 5.74) is 1.00. The van der Waals surface area contributed by atoms with Gasteiger partial charge < -0.3 is 10.4 Å². The molecule has 0 heterocycles. The molecule has 1 atom stereocenters. The van der Waals surface area contributed by atoms with Crippen LogP contribution in [0.15, 0.2) is 11.6 Å². The monoisotopic (exact) mass is 211 g/mol. The minimum absolute atomic E-state index is 0.384. The highest BCUT2D eigenvalue weighted by atomic mass is 16.3. The van der Waals surface area contributed by atoms with Crippen LogP contribution >= 0.6 is 0 Å². The van der Waals surface area contributed by atoms with E-state index in [9.17, 15) is 5.11 Å². The summed E-state index contributed by atoms with van der Waals surface area (Å²) >= 11 is 0. The van der Waals surface area contributed by atoms with Gasteiger partial charge in [-0.2, -0.15) is 0 Å². The molecule has 88 valence electrons. The van der Waals surface area contributed by atoms with Crippen LogP contribution in [0.2, 0.25) is 0 Å². The number of hydrogen-bond acceptors (Lipinski definition) is 2. The van der Waals surface area contributed by atoms with Gasteiger partial charge in [0.25, 0.3) is 0 Å². The van der Waals surface area contributed by atoms with E-state index < -0.39 is 0 Å². The molecule has 0 spiro atoms. The van der Waals surface area contributed by atoms with Gasteiger partial charge in [0.15, 0.2) is 0 Å². The van der Waals surface area contributed by atoms with Crippen LogP contribution in [-0.4, -0.2) is 23.3 Å². The van der Waals surface area contributed by atoms with Crippen LogP contribution in [0.25, 0.3) is 0 Å². The number of nitrogens with one attached hydrogen (secondary N) is 1. The van der Waals surface area contributed by atoms with Gasteiger partial charge in [-0.15, -0.1) is 0 Å². The Morgan fingerprint density at radius 1 is 1.47 bits per heavy atom. The zero-order chi connectivity index (χ0) is 11.3. The second kappa shape index (κ2) is 5.66. The van der Waals surface area contributed by atoms with Gasteiger partial charge in [-0.3, -0.25) is 0 Å². The van der Waals surface area contributed by atoms with Crippen molar-refractivity contribution in [2.45, 2.75) is 64.5 Å². The van der Waals surface area contributed by atoms with E-state index in [-0.39, 0.29) is 5.60 Å². The first-order chi connectivity index (χ1) is 7.02. The van der Waals surface area contributed by atoms with Crippen molar-refractivity contribution in [3.05, 3.63) is 11.6 Å². The van der Waals surface area contributed by atoms with Crippen LogP contribution in [0.1, 0.15) is 52.9 Å². The van der Waals surface area contributed by atoms with Crippen molar-refractivity contribution in [3.63, 3.8) is 0 Å². The molecule has 1 fully saturated rings. The molecule has 2 nitrogen and oxygen atoms in total. The molecule has 15 heavy (non-hydrogen) atoms. The highest BCUT2D eigenvalue weighted by Gasteiger charge is 2.33. The smallest absolute Gasteiger partial charge is 0.0771 e. The van der Waals surface area contributed by atoms with Crippen molar-refractivity contribution in [1.29, 1.82) is 0 Å². The number of hydrogen-bond donors (Lipinski definition) is 2. The summed E-state index contributed by atoms with van der Waals surface area (Å²) in [7, 11) is 0. The molecule has 2 heteroatoms. The SMILES string of the molecule is CC(C)=CCCC(C)NCC1(O)CCC1.